The maximum absolute atomic E-state index is 11.6. The number of pyridine rings is 1. The number of aryl methyl sites for hydroxylation is 1. The van der Waals surface area contributed by atoms with Crippen LogP contribution in [0.5, 0.6) is 0 Å². The highest BCUT2D eigenvalue weighted by molar-refractivity contribution is 5.99. The van der Waals surface area contributed by atoms with Gasteiger partial charge in [-0.05, 0) is 51.7 Å². The van der Waals surface area contributed by atoms with Gasteiger partial charge in [0.25, 0.3) is 0 Å². The average molecular weight is 567 g/mol. The number of nitrogens with one attached hydrogen (secondary N) is 2. The largest absolute Gasteiger partial charge is 0.404 e. The van der Waals surface area contributed by atoms with E-state index in [1.54, 1.807) is 51.6 Å². The zero-order chi connectivity index (χ0) is 30.9. The van der Waals surface area contributed by atoms with Gasteiger partial charge in [-0.2, -0.15) is 0 Å². The van der Waals surface area contributed by atoms with Crippen molar-refractivity contribution in [2.24, 2.45) is 33.1 Å². The lowest BCUT2D eigenvalue weighted by Gasteiger charge is -2.21. The predicted octanol–water partition coefficient (Wildman–Crippen LogP) is 5.11. The number of aliphatic imine (C=N–C) groups is 2. The molecule has 10 nitrogen and oxygen atoms in total. The Balaban J connectivity index is 0.000000590. The third-order valence-electron chi connectivity index (χ3n) is 6.35. The van der Waals surface area contributed by atoms with Crippen molar-refractivity contribution < 1.29 is 9.53 Å². The molecule has 1 aliphatic rings. The van der Waals surface area contributed by atoms with E-state index in [1.807, 2.05) is 6.08 Å². The summed E-state index contributed by atoms with van der Waals surface area (Å²) >= 11 is 0. The smallest absolute Gasteiger partial charge is 0.224 e. The Labute approximate surface area is 246 Å². The van der Waals surface area contributed by atoms with Crippen molar-refractivity contribution in [1.29, 1.82) is 0 Å². The first-order valence-corrected chi connectivity index (χ1v) is 14.2. The van der Waals surface area contributed by atoms with Crippen LogP contribution in [0.3, 0.4) is 0 Å². The van der Waals surface area contributed by atoms with Crippen molar-refractivity contribution in [3.8, 4) is 0 Å². The number of hydrogen-bond donors (Lipinski definition) is 5. The lowest BCUT2D eigenvalue weighted by Crippen LogP contribution is -2.26. The van der Waals surface area contributed by atoms with Gasteiger partial charge in [0.1, 0.15) is 5.84 Å². The van der Waals surface area contributed by atoms with Gasteiger partial charge in [-0.3, -0.25) is 14.8 Å². The lowest BCUT2D eigenvalue weighted by atomic mass is 9.99. The van der Waals surface area contributed by atoms with Crippen LogP contribution in [0.25, 0.3) is 0 Å². The SMILES string of the molecule is CCC(=O)Nc1cnc(C)c(N=C(N)/C(N)=C2\C=CC(/C(C=NC)=C/N)=CN2)c1.CCC(C)CC(CC)OC(C)C. The van der Waals surface area contributed by atoms with Crippen molar-refractivity contribution in [2.45, 2.75) is 86.4 Å². The Morgan fingerprint density at radius 2 is 1.88 bits per heavy atom. The summed E-state index contributed by atoms with van der Waals surface area (Å²) in [6.45, 7) is 14.5. The molecule has 1 amide bonds. The molecular formula is C31H50N8O2. The molecule has 2 rings (SSSR count). The number of carbonyl (C=O) groups is 1. The molecule has 226 valence electrons. The molecular weight excluding hydrogens is 516 g/mol. The number of hydrogen-bond acceptors (Lipinski definition) is 8. The number of allylic oxidation sites excluding steroid dienone is 4. The maximum Gasteiger partial charge on any atom is 0.224 e. The molecule has 8 N–H and O–H groups in total. The fourth-order valence-electron chi connectivity index (χ4n) is 3.72. The van der Waals surface area contributed by atoms with E-state index in [1.165, 1.54) is 19.0 Å². The first kappa shape index (κ1) is 35.1. The number of rotatable bonds is 12. The summed E-state index contributed by atoms with van der Waals surface area (Å²) in [5.74, 6) is 0.814. The lowest BCUT2D eigenvalue weighted by molar-refractivity contribution is -0.115. The molecule has 2 heterocycles. The number of ether oxygens (including phenoxy) is 1. The molecule has 0 spiro atoms. The van der Waals surface area contributed by atoms with E-state index < -0.39 is 0 Å². The zero-order valence-corrected chi connectivity index (χ0v) is 26.0. The van der Waals surface area contributed by atoms with E-state index in [0.29, 0.717) is 41.4 Å². The second-order valence-corrected chi connectivity index (χ2v) is 10.1. The van der Waals surface area contributed by atoms with E-state index in [0.717, 1.165) is 23.5 Å². The van der Waals surface area contributed by atoms with E-state index in [2.05, 4.69) is 60.2 Å². The van der Waals surface area contributed by atoms with Gasteiger partial charge in [-0.25, -0.2) is 4.99 Å². The van der Waals surface area contributed by atoms with E-state index in [-0.39, 0.29) is 17.4 Å². The quantitative estimate of drug-likeness (QED) is 0.173. The number of anilines is 1. The van der Waals surface area contributed by atoms with Gasteiger partial charge >= 0.3 is 0 Å². The first-order chi connectivity index (χ1) is 19.5. The van der Waals surface area contributed by atoms with Crippen LogP contribution in [0, 0.1) is 12.8 Å². The molecule has 1 aromatic heterocycles. The van der Waals surface area contributed by atoms with Crippen molar-refractivity contribution in [2.75, 3.05) is 12.4 Å². The van der Waals surface area contributed by atoms with Gasteiger partial charge < -0.3 is 32.6 Å². The molecule has 0 fully saturated rings. The molecule has 41 heavy (non-hydrogen) atoms. The number of nitrogens with two attached hydrogens (primary N) is 3. The summed E-state index contributed by atoms with van der Waals surface area (Å²) < 4.78 is 5.77. The van der Waals surface area contributed by atoms with Crippen molar-refractivity contribution in [3.05, 3.63) is 65.0 Å². The van der Waals surface area contributed by atoms with Crippen LogP contribution in [0.4, 0.5) is 11.4 Å². The van der Waals surface area contributed by atoms with Crippen molar-refractivity contribution in [3.63, 3.8) is 0 Å². The number of dihydropyridines is 1. The van der Waals surface area contributed by atoms with Gasteiger partial charge in [0.2, 0.25) is 5.91 Å². The van der Waals surface area contributed by atoms with Crippen LogP contribution < -0.4 is 27.8 Å². The summed E-state index contributed by atoms with van der Waals surface area (Å²) in [4.78, 5) is 24.2. The van der Waals surface area contributed by atoms with Gasteiger partial charge in [-0.1, -0.05) is 40.2 Å². The predicted molar refractivity (Wildman–Crippen MR) is 172 cm³/mol. The summed E-state index contributed by atoms with van der Waals surface area (Å²) in [5.41, 5.74) is 22.1. The number of aromatic nitrogens is 1. The third kappa shape index (κ3) is 12.4. The minimum absolute atomic E-state index is 0.113. The zero-order valence-electron chi connectivity index (χ0n) is 26.0. The second kappa shape index (κ2) is 18.4. The molecule has 0 aromatic carbocycles. The molecule has 0 bridgehead atoms. The standard InChI is InChI=1S/C20H26N8O.C11H24O/c1-4-18(29)27-15-7-17(12(2)25-11-15)28-20(23)19(22)16-6-5-13(10-26-16)14(8-21)9-24-3;1-6-10(5)8-11(7-2)12-9(3)4/h5-11,26H,4,21-22H2,1-3H3,(H2,23,28)(H,27,29);9-11H,6-8H2,1-5H3/b14-8+,19-16-,24-9?;. The Kier molecular flexibility index (Phi) is 15.8. The highest BCUT2D eigenvalue weighted by atomic mass is 16.5. The number of amidine groups is 1. The van der Waals surface area contributed by atoms with Crippen LogP contribution in [-0.4, -0.2) is 42.2 Å². The molecule has 1 aliphatic heterocycles. The molecule has 0 aliphatic carbocycles. The minimum atomic E-state index is -0.113. The minimum Gasteiger partial charge on any atom is -0.404 e. The highest BCUT2D eigenvalue weighted by Gasteiger charge is 2.13. The maximum atomic E-state index is 11.6. The number of amides is 1. The molecule has 0 radical (unpaired) electrons. The second-order valence-electron chi connectivity index (χ2n) is 10.1. The molecule has 2 unspecified atom stereocenters. The summed E-state index contributed by atoms with van der Waals surface area (Å²) in [6.07, 6.45) is 14.9. The normalized spacial score (nSPS) is 16.5. The van der Waals surface area contributed by atoms with E-state index in [4.69, 9.17) is 21.9 Å². The Morgan fingerprint density at radius 3 is 2.39 bits per heavy atom. The monoisotopic (exact) mass is 566 g/mol. The first-order valence-electron chi connectivity index (χ1n) is 14.2. The average Bonchev–Trinajstić information content (AvgIpc) is 2.96. The topological polar surface area (TPSA) is 166 Å². The number of nitrogens with zero attached hydrogens (tertiary/aromatic N) is 3. The van der Waals surface area contributed by atoms with Crippen LogP contribution in [0.15, 0.2) is 69.3 Å². The number of carbonyl (C=O) groups excluding carboxylic acids is 1. The van der Waals surface area contributed by atoms with Crippen LogP contribution in [-0.2, 0) is 9.53 Å². The van der Waals surface area contributed by atoms with Gasteiger partial charge in [0, 0.05) is 43.2 Å². The summed E-state index contributed by atoms with van der Waals surface area (Å²) in [7, 11) is 1.67. The fraction of sp³-hybridized carbons (Fsp3) is 0.484. The van der Waals surface area contributed by atoms with Crippen LogP contribution in [0.2, 0.25) is 0 Å². The highest BCUT2D eigenvalue weighted by Crippen LogP contribution is 2.22. The fourth-order valence-corrected chi connectivity index (χ4v) is 3.72. The van der Waals surface area contributed by atoms with Gasteiger partial charge in [0.15, 0.2) is 0 Å². The van der Waals surface area contributed by atoms with E-state index in [9.17, 15) is 4.79 Å². The molecule has 10 heteroatoms. The molecule has 0 saturated heterocycles. The molecule has 0 saturated carbocycles. The Morgan fingerprint density at radius 1 is 1.17 bits per heavy atom. The summed E-state index contributed by atoms with van der Waals surface area (Å²) in [5, 5.41) is 5.83. The van der Waals surface area contributed by atoms with Gasteiger partial charge in [-0.15, -0.1) is 0 Å². The Bertz CT molecular complexity index is 1180. The van der Waals surface area contributed by atoms with E-state index >= 15 is 0 Å². The van der Waals surface area contributed by atoms with Crippen LogP contribution >= 0.6 is 0 Å². The molecule has 1 aromatic rings. The Hall–Kier alpha value is -3.92. The summed E-state index contributed by atoms with van der Waals surface area (Å²) in [6, 6.07) is 1.70. The third-order valence-corrected chi connectivity index (χ3v) is 6.35. The van der Waals surface area contributed by atoms with Crippen LogP contribution in [0.1, 0.15) is 72.9 Å². The van der Waals surface area contributed by atoms with Crippen molar-refractivity contribution in [1.82, 2.24) is 10.3 Å². The van der Waals surface area contributed by atoms with Gasteiger partial charge in [0.05, 0.1) is 46.9 Å². The molecule has 2 atom stereocenters. The van der Waals surface area contributed by atoms with Crippen molar-refractivity contribution >= 4 is 29.3 Å².